The lowest BCUT2D eigenvalue weighted by molar-refractivity contribution is -0.384. The summed E-state index contributed by atoms with van der Waals surface area (Å²) in [5.74, 6) is -0.512. The standard InChI is InChI=1S/C16H21N3O5/c1-24-16(21)5-3-13-2-4-14(15(12-13)19(22)23)18-8-6-17(7-9-18)10-11-20/h2-5,12,20H,6-11H2,1H3. The van der Waals surface area contributed by atoms with E-state index in [4.69, 9.17) is 5.11 Å². The Hall–Kier alpha value is -2.45. The van der Waals surface area contributed by atoms with Crippen LogP contribution in [0.2, 0.25) is 0 Å². The molecular formula is C16H21N3O5. The summed E-state index contributed by atoms with van der Waals surface area (Å²) in [6.45, 7) is 3.56. The fraction of sp³-hybridized carbons (Fsp3) is 0.438. The van der Waals surface area contributed by atoms with Crippen molar-refractivity contribution in [3.05, 3.63) is 40.0 Å². The third-order valence-electron chi connectivity index (χ3n) is 3.94. The zero-order valence-corrected chi connectivity index (χ0v) is 13.6. The van der Waals surface area contributed by atoms with Crippen molar-refractivity contribution in [2.45, 2.75) is 0 Å². The molecule has 2 rings (SSSR count). The molecule has 1 aromatic carbocycles. The Morgan fingerprint density at radius 2 is 2.08 bits per heavy atom. The summed E-state index contributed by atoms with van der Waals surface area (Å²) >= 11 is 0. The van der Waals surface area contributed by atoms with Crippen molar-refractivity contribution in [2.24, 2.45) is 0 Å². The molecule has 0 atom stereocenters. The van der Waals surface area contributed by atoms with Crippen LogP contribution in [0.4, 0.5) is 11.4 Å². The topological polar surface area (TPSA) is 96.2 Å². The Bertz CT molecular complexity index is 624. The maximum absolute atomic E-state index is 11.4. The summed E-state index contributed by atoms with van der Waals surface area (Å²) in [4.78, 5) is 26.2. The van der Waals surface area contributed by atoms with Gasteiger partial charge in [-0.25, -0.2) is 4.79 Å². The molecule has 1 aromatic rings. The van der Waals surface area contributed by atoms with Gasteiger partial charge in [0.15, 0.2) is 0 Å². The van der Waals surface area contributed by atoms with Crippen LogP contribution in [-0.2, 0) is 9.53 Å². The molecule has 0 spiro atoms. The van der Waals surface area contributed by atoms with E-state index in [0.29, 0.717) is 30.9 Å². The second-order valence-electron chi connectivity index (χ2n) is 5.41. The van der Waals surface area contributed by atoms with Crippen LogP contribution in [0.3, 0.4) is 0 Å². The summed E-state index contributed by atoms with van der Waals surface area (Å²) in [5, 5.41) is 20.4. The fourth-order valence-corrected chi connectivity index (χ4v) is 2.64. The van der Waals surface area contributed by atoms with Crippen LogP contribution in [0.25, 0.3) is 6.08 Å². The average Bonchev–Trinajstić information content (AvgIpc) is 2.60. The quantitative estimate of drug-likeness (QED) is 0.357. The number of nitro benzene ring substituents is 1. The molecule has 1 aliphatic rings. The van der Waals surface area contributed by atoms with Crippen molar-refractivity contribution in [3.8, 4) is 0 Å². The number of rotatable bonds is 6. The Labute approximate surface area is 140 Å². The van der Waals surface area contributed by atoms with Gasteiger partial charge in [-0.05, 0) is 17.7 Å². The molecule has 1 N–H and O–H groups in total. The lowest BCUT2D eigenvalue weighted by atomic mass is 10.1. The molecule has 0 radical (unpaired) electrons. The van der Waals surface area contributed by atoms with E-state index in [9.17, 15) is 14.9 Å². The van der Waals surface area contributed by atoms with Crippen molar-refractivity contribution in [1.29, 1.82) is 0 Å². The number of anilines is 1. The maximum atomic E-state index is 11.4. The maximum Gasteiger partial charge on any atom is 0.330 e. The molecular weight excluding hydrogens is 314 g/mol. The molecule has 0 aromatic heterocycles. The van der Waals surface area contributed by atoms with Gasteiger partial charge < -0.3 is 14.7 Å². The van der Waals surface area contributed by atoms with Gasteiger partial charge in [-0.1, -0.05) is 6.07 Å². The number of nitrogens with zero attached hydrogens (tertiary/aromatic N) is 3. The van der Waals surface area contributed by atoms with E-state index < -0.39 is 10.9 Å². The highest BCUT2D eigenvalue weighted by Crippen LogP contribution is 2.30. The lowest BCUT2D eigenvalue weighted by Crippen LogP contribution is -2.47. The highest BCUT2D eigenvalue weighted by atomic mass is 16.6. The first-order valence-electron chi connectivity index (χ1n) is 7.67. The zero-order valence-electron chi connectivity index (χ0n) is 13.6. The Kier molecular flexibility index (Phi) is 6.28. The number of esters is 1. The molecule has 24 heavy (non-hydrogen) atoms. The van der Waals surface area contributed by atoms with Crippen molar-refractivity contribution in [1.82, 2.24) is 4.90 Å². The molecule has 8 nitrogen and oxygen atoms in total. The largest absolute Gasteiger partial charge is 0.466 e. The van der Waals surface area contributed by atoms with E-state index >= 15 is 0 Å². The Balaban J connectivity index is 2.17. The van der Waals surface area contributed by atoms with Crippen LogP contribution in [0.15, 0.2) is 24.3 Å². The number of β-amino-alcohol motifs (C(OH)–C–C–N with tert-alkyl or cyclic N) is 1. The third-order valence-corrected chi connectivity index (χ3v) is 3.94. The van der Waals surface area contributed by atoms with E-state index in [1.54, 1.807) is 12.1 Å². The number of ether oxygens (including phenoxy) is 1. The zero-order chi connectivity index (χ0) is 17.5. The van der Waals surface area contributed by atoms with Gasteiger partial charge in [0.2, 0.25) is 0 Å². The second-order valence-corrected chi connectivity index (χ2v) is 5.41. The third kappa shape index (κ3) is 4.53. The number of aliphatic hydroxyl groups is 1. The molecule has 130 valence electrons. The predicted molar refractivity (Wildman–Crippen MR) is 89.9 cm³/mol. The molecule has 1 saturated heterocycles. The summed E-state index contributed by atoms with van der Waals surface area (Å²) in [6, 6.07) is 4.90. The highest BCUT2D eigenvalue weighted by Gasteiger charge is 2.23. The monoisotopic (exact) mass is 335 g/mol. The van der Waals surface area contributed by atoms with E-state index in [2.05, 4.69) is 9.64 Å². The Morgan fingerprint density at radius 1 is 1.38 bits per heavy atom. The van der Waals surface area contributed by atoms with Crippen LogP contribution in [-0.4, -0.2) is 67.3 Å². The number of hydrogen-bond donors (Lipinski definition) is 1. The Morgan fingerprint density at radius 3 is 2.67 bits per heavy atom. The van der Waals surface area contributed by atoms with Crippen LogP contribution in [0.5, 0.6) is 0 Å². The van der Waals surface area contributed by atoms with E-state index in [1.807, 2.05) is 4.90 Å². The molecule has 0 aliphatic carbocycles. The minimum Gasteiger partial charge on any atom is -0.466 e. The average molecular weight is 335 g/mol. The van der Waals surface area contributed by atoms with Gasteiger partial charge in [0.25, 0.3) is 5.69 Å². The molecule has 1 fully saturated rings. The lowest BCUT2D eigenvalue weighted by Gasteiger charge is -2.35. The van der Waals surface area contributed by atoms with Gasteiger partial charge in [-0.15, -0.1) is 0 Å². The van der Waals surface area contributed by atoms with Crippen molar-refractivity contribution >= 4 is 23.4 Å². The van der Waals surface area contributed by atoms with Crippen LogP contribution in [0, 0.1) is 10.1 Å². The van der Waals surface area contributed by atoms with Crippen LogP contribution >= 0.6 is 0 Å². The number of benzene rings is 1. The minimum absolute atomic E-state index is 0.0117. The molecule has 0 amide bonds. The predicted octanol–water partition coefficient (Wildman–Crippen LogP) is 0.895. The van der Waals surface area contributed by atoms with Crippen LogP contribution in [0.1, 0.15) is 5.56 Å². The number of nitro groups is 1. The first-order chi connectivity index (χ1) is 11.5. The van der Waals surface area contributed by atoms with Crippen molar-refractivity contribution < 1.29 is 19.6 Å². The number of hydrogen-bond acceptors (Lipinski definition) is 7. The number of carbonyl (C=O) groups is 1. The van der Waals surface area contributed by atoms with E-state index in [0.717, 1.165) is 13.1 Å². The molecule has 8 heteroatoms. The molecule has 1 aliphatic heterocycles. The van der Waals surface area contributed by atoms with E-state index in [-0.39, 0.29) is 12.3 Å². The molecule has 1 heterocycles. The smallest absolute Gasteiger partial charge is 0.330 e. The number of aliphatic hydroxyl groups excluding tert-OH is 1. The normalized spacial score (nSPS) is 15.7. The molecule has 0 saturated carbocycles. The summed E-state index contributed by atoms with van der Waals surface area (Å²) in [5.41, 5.74) is 1.14. The van der Waals surface area contributed by atoms with Gasteiger partial charge in [0, 0.05) is 44.9 Å². The SMILES string of the molecule is COC(=O)C=Cc1ccc(N2CCN(CCO)CC2)c([N+](=O)[O-])c1. The van der Waals surface area contributed by atoms with Crippen LogP contribution < -0.4 is 4.90 Å². The summed E-state index contributed by atoms with van der Waals surface area (Å²) < 4.78 is 4.51. The van der Waals surface area contributed by atoms with Crippen molar-refractivity contribution in [3.63, 3.8) is 0 Å². The first-order valence-corrected chi connectivity index (χ1v) is 7.67. The number of methoxy groups -OCH3 is 1. The second kappa shape index (κ2) is 8.42. The van der Waals surface area contributed by atoms with Gasteiger partial charge in [-0.2, -0.15) is 0 Å². The van der Waals surface area contributed by atoms with Gasteiger partial charge in [0.05, 0.1) is 18.6 Å². The summed E-state index contributed by atoms with van der Waals surface area (Å²) in [6.07, 6.45) is 2.72. The van der Waals surface area contributed by atoms with E-state index in [1.165, 1.54) is 25.3 Å². The number of piperazine rings is 1. The molecule has 0 unspecified atom stereocenters. The number of carbonyl (C=O) groups excluding carboxylic acids is 1. The first kappa shape index (κ1) is 17.9. The van der Waals surface area contributed by atoms with Crippen molar-refractivity contribution in [2.75, 3.05) is 51.3 Å². The highest BCUT2D eigenvalue weighted by molar-refractivity contribution is 5.87. The fourth-order valence-electron chi connectivity index (χ4n) is 2.64. The minimum atomic E-state index is -0.512. The van der Waals surface area contributed by atoms with Gasteiger partial charge >= 0.3 is 5.97 Å². The van der Waals surface area contributed by atoms with Gasteiger partial charge in [-0.3, -0.25) is 15.0 Å². The summed E-state index contributed by atoms with van der Waals surface area (Å²) in [7, 11) is 1.27. The molecule has 0 bridgehead atoms. The van der Waals surface area contributed by atoms with Gasteiger partial charge in [0.1, 0.15) is 5.69 Å².